The van der Waals surface area contributed by atoms with Crippen LogP contribution < -0.4 is 10.1 Å². The van der Waals surface area contributed by atoms with Crippen molar-refractivity contribution in [3.63, 3.8) is 0 Å². The number of likely N-dealkylation sites (tertiary alicyclic amines) is 1. The Hall–Kier alpha value is -1.83. The van der Waals surface area contributed by atoms with E-state index in [0.717, 1.165) is 69.4 Å². The van der Waals surface area contributed by atoms with E-state index in [9.17, 15) is 5.11 Å². The Morgan fingerprint density at radius 1 is 1.21 bits per heavy atom. The molecule has 1 fully saturated rings. The van der Waals surface area contributed by atoms with Crippen LogP contribution in [-0.2, 0) is 9.47 Å². The number of aliphatic hydroxyl groups excluding tert-OH is 1. The minimum absolute atomic E-state index is 0.306. The first-order valence-corrected chi connectivity index (χ1v) is 10.1. The summed E-state index contributed by atoms with van der Waals surface area (Å²) in [6, 6.07) is 7.45. The average Bonchev–Trinajstić information content (AvgIpc) is 2.74. The van der Waals surface area contributed by atoms with Crippen molar-refractivity contribution < 1.29 is 19.3 Å². The smallest absolute Gasteiger partial charge is 0.194 e. The summed E-state index contributed by atoms with van der Waals surface area (Å²) in [6.45, 7) is 6.47. The number of hydrogen-bond acceptors (Lipinski definition) is 5. The zero-order valence-corrected chi connectivity index (χ0v) is 17.4. The molecule has 1 atom stereocenters. The van der Waals surface area contributed by atoms with Crippen molar-refractivity contribution in [3.05, 3.63) is 29.8 Å². The first-order valence-electron chi connectivity index (χ1n) is 10.1. The van der Waals surface area contributed by atoms with Gasteiger partial charge in [0, 0.05) is 40.0 Å². The summed E-state index contributed by atoms with van der Waals surface area (Å²) in [4.78, 5) is 6.91. The maximum Gasteiger partial charge on any atom is 0.194 e. The number of benzene rings is 1. The summed E-state index contributed by atoms with van der Waals surface area (Å²) in [7, 11) is 3.35. The molecule has 0 spiro atoms. The number of aliphatic imine (C=N–C) groups is 1. The van der Waals surface area contributed by atoms with Crippen LogP contribution in [0.4, 0.5) is 0 Å². The van der Waals surface area contributed by atoms with Gasteiger partial charge in [0.05, 0.1) is 25.9 Å². The van der Waals surface area contributed by atoms with E-state index < -0.39 is 6.10 Å². The number of aliphatic hydroxyl groups is 1. The molecule has 28 heavy (non-hydrogen) atoms. The second-order valence-corrected chi connectivity index (χ2v) is 6.89. The van der Waals surface area contributed by atoms with Gasteiger partial charge in [-0.25, -0.2) is 0 Å². The Labute approximate surface area is 168 Å². The van der Waals surface area contributed by atoms with Gasteiger partial charge in [-0.3, -0.25) is 4.99 Å². The van der Waals surface area contributed by atoms with E-state index >= 15 is 0 Å². The number of rotatable bonds is 10. The molecule has 7 heteroatoms. The molecule has 0 radical (unpaired) electrons. The summed E-state index contributed by atoms with van der Waals surface area (Å²) in [5.74, 6) is 1.63. The van der Waals surface area contributed by atoms with Crippen molar-refractivity contribution in [2.24, 2.45) is 4.99 Å². The Morgan fingerprint density at radius 2 is 1.93 bits per heavy atom. The van der Waals surface area contributed by atoms with Crippen LogP contribution in [0.3, 0.4) is 0 Å². The average molecular weight is 394 g/mol. The summed E-state index contributed by atoms with van der Waals surface area (Å²) in [5.41, 5.74) is 0.837. The Bertz CT molecular complexity index is 572. The van der Waals surface area contributed by atoms with Crippen molar-refractivity contribution in [1.82, 2.24) is 10.2 Å². The minimum atomic E-state index is -0.638. The van der Waals surface area contributed by atoms with E-state index in [-0.39, 0.29) is 0 Å². The second kappa shape index (κ2) is 12.6. The predicted molar refractivity (Wildman–Crippen MR) is 111 cm³/mol. The van der Waals surface area contributed by atoms with E-state index in [2.05, 4.69) is 22.1 Å². The first-order chi connectivity index (χ1) is 13.7. The lowest BCUT2D eigenvalue weighted by molar-refractivity contribution is 0.00986. The standard InChI is InChI=1S/C21H35N3O4/c1-4-22-21(23-16-20(25)17-6-8-18(27-3)9-7-17)24-12-10-19(11-13-24)28-15-5-14-26-2/h6-9,19-20,25H,4-5,10-16H2,1-3H3,(H,22,23). The lowest BCUT2D eigenvalue weighted by Crippen LogP contribution is -2.47. The lowest BCUT2D eigenvalue weighted by Gasteiger charge is -2.34. The van der Waals surface area contributed by atoms with Gasteiger partial charge in [-0.2, -0.15) is 0 Å². The van der Waals surface area contributed by atoms with Crippen molar-refractivity contribution >= 4 is 5.96 Å². The van der Waals surface area contributed by atoms with E-state index in [1.54, 1.807) is 14.2 Å². The van der Waals surface area contributed by atoms with Gasteiger partial charge in [-0.15, -0.1) is 0 Å². The number of methoxy groups -OCH3 is 2. The molecule has 1 unspecified atom stereocenters. The quantitative estimate of drug-likeness (QED) is 0.361. The number of guanidine groups is 1. The molecule has 0 saturated carbocycles. The highest BCUT2D eigenvalue weighted by molar-refractivity contribution is 5.80. The molecule has 0 bridgehead atoms. The van der Waals surface area contributed by atoms with Gasteiger partial charge >= 0.3 is 0 Å². The van der Waals surface area contributed by atoms with Gasteiger partial charge in [-0.05, 0) is 43.9 Å². The van der Waals surface area contributed by atoms with Crippen LogP contribution in [0.5, 0.6) is 5.75 Å². The fourth-order valence-corrected chi connectivity index (χ4v) is 3.22. The third-order valence-electron chi connectivity index (χ3n) is 4.84. The fourth-order valence-electron chi connectivity index (χ4n) is 3.22. The molecule has 2 N–H and O–H groups in total. The molecular weight excluding hydrogens is 358 g/mol. The van der Waals surface area contributed by atoms with Gasteiger partial charge in [0.1, 0.15) is 5.75 Å². The van der Waals surface area contributed by atoms with Crippen LogP contribution in [0.15, 0.2) is 29.3 Å². The number of nitrogens with one attached hydrogen (secondary N) is 1. The molecule has 0 amide bonds. The summed E-state index contributed by atoms with van der Waals surface area (Å²) >= 11 is 0. The Morgan fingerprint density at radius 3 is 2.54 bits per heavy atom. The van der Waals surface area contributed by atoms with Crippen molar-refractivity contribution in [1.29, 1.82) is 0 Å². The zero-order chi connectivity index (χ0) is 20.2. The summed E-state index contributed by atoms with van der Waals surface area (Å²) in [5, 5.41) is 13.8. The molecule has 158 valence electrons. The van der Waals surface area contributed by atoms with Gasteiger partial charge in [0.15, 0.2) is 5.96 Å². The summed E-state index contributed by atoms with van der Waals surface area (Å²) in [6.07, 6.45) is 2.57. The highest BCUT2D eigenvalue weighted by Crippen LogP contribution is 2.18. The highest BCUT2D eigenvalue weighted by Gasteiger charge is 2.22. The third-order valence-corrected chi connectivity index (χ3v) is 4.84. The van der Waals surface area contributed by atoms with Crippen LogP contribution in [0.2, 0.25) is 0 Å². The molecule has 0 aliphatic carbocycles. The lowest BCUT2D eigenvalue weighted by atomic mass is 10.1. The Balaban J connectivity index is 1.84. The molecule has 1 saturated heterocycles. The van der Waals surface area contributed by atoms with Gasteiger partial charge in [-0.1, -0.05) is 12.1 Å². The number of ether oxygens (including phenoxy) is 3. The molecule has 1 aromatic carbocycles. The monoisotopic (exact) mass is 393 g/mol. The SMILES string of the molecule is CCNC(=NCC(O)c1ccc(OC)cc1)N1CCC(OCCCOC)CC1. The topological polar surface area (TPSA) is 75.6 Å². The number of piperidine rings is 1. The van der Waals surface area contributed by atoms with Crippen LogP contribution in [0, 0.1) is 0 Å². The van der Waals surface area contributed by atoms with E-state index in [1.807, 2.05) is 24.3 Å². The summed E-state index contributed by atoms with van der Waals surface area (Å²) < 4.78 is 16.1. The largest absolute Gasteiger partial charge is 0.497 e. The van der Waals surface area contributed by atoms with Crippen LogP contribution >= 0.6 is 0 Å². The van der Waals surface area contributed by atoms with Gasteiger partial charge in [0.25, 0.3) is 0 Å². The molecular formula is C21H35N3O4. The van der Waals surface area contributed by atoms with Crippen molar-refractivity contribution in [2.45, 2.75) is 38.4 Å². The van der Waals surface area contributed by atoms with E-state index in [4.69, 9.17) is 14.2 Å². The predicted octanol–water partition coefficient (Wildman–Crippen LogP) is 2.21. The molecule has 0 aromatic heterocycles. The fraction of sp³-hybridized carbons (Fsp3) is 0.667. The third kappa shape index (κ3) is 7.30. The molecule has 1 aromatic rings. The highest BCUT2D eigenvalue weighted by atomic mass is 16.5. The molecule has 2 rings (SSSR count). The van der Waals surface area contributed by atoms with E-state index in [0.29, 0.717) is 12.6 Å². The zero-order valence-electron chi connectivity index (χ0n) is 17.4. The maximum atomic E-state index is 10.5. The molecule has 1 heterocycles. The number of hydrogen-bond donors (Lipinski definition) is 2. The van der Waals surface area contributed by atoms with Crippen LogP contribution in [0.25, 0.3) is 0 Å². The van der Waals surface area contributed by atoms with Gasteiger partial charge in [0.2, 0.25) is 0 Å². The normalized spacial score (nSPS) is 16.9. The molecule has 1 aliphatic heterocycles. The second-order valence-electron chi connectivity index (χ2n) is 6.89. The van der Waals surface area contributed by atoms with Crippen molar-refractivity contribution in [2.75, 3.05) is 53.6 Å². The van der Waals surface area contributed by atoms with E-state index in [1.165, 1.54) is 0 Å². The Kier molecular flexibility index (Phi) is 10.1. The minimum Gasteiger partial charge on any atom is -0.497 e. The maximum absolute atomic E-state index is 10.5. The molecule has 7 nitrogen and oxygen atoms in total. The first kappa shape index (κ1) is 22.5. The van der Waals surface area contributed by atoms with Crippen LogP contribution in [-0.4, -0.2) is 75.7 Å². The van der Waals surface area contributed by atoms with Gasteiger partial charge < -0.3 is 29.5 Å². The van der Waals surface area contributed by atoms with Crippen molar-refractivity contribution in [3.8, 4) is 5.75 Å². The molecule has 1 aliphatic rings. The van der Waals surface area contributed by atoms with Crippen LogP contribution in [0.1, 0.15) is 37.9 Å². The number of nitrogens with zero attached hydrogens (tertiary/aromatic N) is 2.